The van der Waals surface area contributed by atoms with Crippen molar-refractivity contribution in [2.24, 2.45) is 11.8 Å². The zero-order chi connectivity index (χ0) is 25.3. The van der Waals surface area contributed by atoms with E-state index in [0.29, 0.717) is 22.5 Å². The largest absolute Gasteiger partial charge is 0.497 e. The summed E-state index contributed by atoms with van der Waals surface area (Å²) >= 11 is 0. The highest BCUT2D eigenvalue weighted by Gasteiger charge is 2.64. The van der Waals surface area contributed by atoms with E-state index in [2.05, 4.69) is 10.3 Å². The third kappa shape index (κ3) is 2.94. The van der Waals surface area contributed by atoms with Crippen molar-refractivity contribution in [2.45, 2.75) is 12.1 Å². The van der Waals surface area contributed by atoms with Gasteiger partial charge in [0.05, 0.1) is 36.2 Å². The fraction of sp³-hybridized carbons (Fsp3) is 0.179. The lowest BCUT2D eigenvalue weighted by Gasteiger charge is -2.36. The Hall–Kier alpha value is -4.79. The summed E-state index contributed by atoms with van der Waals surface area (Å²) in [5.41, 5.74) is 3.32. The molecule has 4 aromatic rings. The predicted molar refractivity (Wildman–Crippen MR) is 136 cm³/mol. The SMILES string of the molecule is COc1ccc(N2C(=O)C3C(C2=O)C(C(=O)n2nnc4ccccc42)N2c4ccccc4C=CC32)cc1. The maximum Gasteiger partial charge on any atom is 0.272 e. The number of carbonyl (C=O) groups excluding carboxylic acids is 3. The molecule has 1 aromatic heterocycles. The molecule has 37 heavy (non-hydrogen) atoms. The van der Waals surface area contributed by atoms with Gasteiger partial charge in [0.2, 0.25) is 11.8 Å². The van der Waals surface area contributed by atoms with Crippen molar-refractivity contribution in [3.8, 4) is 5.75 Å². The number of aromatic nitrogens is 3. The Morgan fingerprint density at radius 2 is 1.62 bits per heavy atom. The Labute approximate surface area is 211 Å². The van der Waals surface area contributed by atoms with E-state index in [-0.39, 0.29) is 5.91 Å². The van der Waals surface area contributed by atoms with E-state index in [1.165, 1.54) is 9.58 Å². The van der Waals surface area contributed by atoms with E-state index < -0.39 is 35.7 Å². The van der Waals surface area contributed by atoms with Crippen molar-refractivity contribution in [3.05, 3.63) is 84.4 Å². The van der Waals surface area contributed by atoms with Crippen LogP contribution in [0.4, 0.5) is 11.4 Å². The zero-order valence-electron chi connectivity index (χ0n) is 19.8. The first-order valence-corrected chi connectivity index (χ1v) is 12.0. The number of methoxy groups -OCH3 is 1. The molecule has 9 heteroatoms. The zero-order valence-corrected chi connectivity index (χ0v) is 19.8. The summed E-state index contributed by atoms with van der Waals surface area (Å²) in [5.74, 6) is -2.10. The van der Waals surface area contributed by atoms with Gasteiger partial charge in [-0.05, 0) is 48.0 Å². The first-order chi connectivity index (χ1) is 18.1. The second kappa shape index (κ2) is 7.86. The molecular weight excluding hydrogens is 470 g/mol. The van der Waals surface area contributed by atoms with Crippen LogP contribution in [0, 0.1) is 11.8 Å². The molecule has 9 nitrogen and oxygen atoms in total. The van der Waals surface area contributed by atoms with Gasteiger partial charge >= 0.3 is 0 Å². The number of hydrogen-bond acceptors (Lipinski definition) is 7. The summed E-state index contributed by atoms with van der Waals surface area (Å²) in [7, 11) is 1.55. The number of anilines is 2. The highest BCUT2D eigenvalue weighted by molar-refractivity contribution is 6.25. The van der Waals surface area contributed by atoms with Gasteiger partial charge in [-0.1, -0.05) is 47.7 Å². The molecule has 182 valence electrons. The van der Waals surface area contributed by atoms with Gasteiger partial charge in [-0.2, -0.15) is 4.68 Å². The molecule has 0 aliphatic carbocycles. The highest BCUT2D eigenvalue weighted by atomic mass is 16.5. The smallest absolute Gasteiger partial charge is 0.272 e. The molecule has 3 aliphatic heterocycles. The Morgan fingerprint density at radius 1 is 0.892 bits per heavy atom. The van der Waals surface area contributed by atoms with E-state index in [4.69, 9.17) is 4.74 Å². The summed E-state index contributed by atoms with van der Waals surface area (Å²) in [6.07, 6.45) is 3.88. The lowest BCUT2D eigenvalue weighted by Crippen LogP contribution is -2.50. The summed E-state index contributed by atoms with van der Waals surface area (Å²) in [4.78, 5) is 45.2. The van der Waals surface area contributed by atoms with Crippen LogP contribution in [0.3, 0.4) is 0 Å². The molecule has 4 heterocycles. The average molecular weight is 492 g/mol. The van der Waals surface area contributed by atoms with Gasteiger partial charge in [0.15, 0.2) is 0 Å². The van der Waals surface area contributed by atoms with Crippen molar-refractivity contribution in [2.75, 3.05) is 16.9 Å². The van der Waals surface area contributed by atoms with E-state index in [1.54, 1.807) is 43.5 Å². The Kier molecular flexibility index (Phi) is 4.56. The maximum atomic E-state index is 14.2. The molecule has 2 fully saturated rings. The van der Waals surface area contributed by atoms with Gasteiger partial charge in [0.25, 0.3) is 5.91 Å². The standard InChI is InChI=1S/C28H21N5O4/c1-37-18-13-11-17(12-14-18)31-26(34)23-22-15-10-16-6-2-4-8-20(16)32(22)25(24(23)27(31)35)28(36)33-21-9-5-3-7-19(21)29-30-33/h2-15,22-25H,1H3. The third-order valence-electron chi connectivity index (χ3n) is 7.56. The number of ether oxygens (including phenoxy) is 1. The number of benzene rings is 3. The molecule has 4 unspecified atom stereocenters. The fourth-order valence-electron chi connectivity index (χ4n) is 5.94. The second-order valence-corrected chi connectivity index (χ2v) is 9.35. The minimum absolute atomic E-state index is 0.321. The van der Waals surface area contributed by atoms with Crippen LogP contribution < -0.4 is 14.5 Å². The van der Waals surface area contributed by atoms with Gasteiger partial charge in [0.1, 0.15) is 17.3 Å². The molecule has 4 atom stereocenters. The van der Waals surface area contributed by atoms with Gasteiger partial charge < -0.3 is 9.64 Å². The first kappa shape index (κ1) is 21.5. The normalized spacial score (nSPS) is 23.8. The van der Waals surface area contributed by atoms with Crippen molar-refractivity contribution >= 4 is 46.2 Å². The van der Waals surface area contributed by atoms with Crippen molar-refractivity contribution in [1.82, 2.24) is 15.0 Å². The topological polar surface area (TPSA) is 97.6 Å². The quantitative estimate of drug-likeness (QED) is 0.406. The molecule has 0 saturated carbocycles. The minimum atomic E-state index is -0.939. The Morgan fingerprint density at radius 3 is 2.43 bits per heavy atom. The van der Waals surface area contributed by atoms with E-state index in [9.17, 15) is 14.4 Å². The monoisotopic (exact) mass is 491 g/mol. The number of hydrogen-bond donors (Lipinski definition) is 0. The maximum absolute atomic E-state index is 14.2. The molecule has 0 radical (unpaired) electrons. The average Bonchev–Trinajstić information content (AvgIpc) is 3.59. The van der Waals surface area contributed by atoms with E-state index in [1.807, 2.05) is 53.5 Å². The van der Waals surface area contributed by atoms with Crippen molar-refractivity contribution < 1.29 is 19.1 Å². The lowest BCUT2D eigenvalue weighted by molar-refractivity contribution is -0.122. The van der Waals surface area contributed by atoms with Gasteiger partial charge in [0, 0.05) is 5.69 Å². The van der Waals surface area contributed by atoms with Crippen LogP contribution in [0.15, 0.2) is 78.9 Å². The summed E-state index contributed by atoms with van der Waals surface area (Å²) in [5, 5.41) is 8.28. The van der Waals surface area contributed by atoms with E-state index >= 15 is 0 Å². The number of carbonyl (C=O) groups is 3. The number of imide groups is 1. The Balaban J connectivity index is 1.38. The summed E-state index contributed by atoms with van der Waals surface area (Å²) in [6, 6.07) is 20.2. The minimum Gasteiger partial charge on any atom is -0.497 e. The van der Waals surface area contributed by atoms with Crippen LogP contribution >= 0.6 is 0 Å². The van der Waals surface area contributed by atoms with Crippen molar-refractivity contribution in [1.29, 1.82) is 0 Å². The van der Waals surface area contributed by atoms with Crippen LogP contribution in [0.25, 0.3) is 17.1 Å². The summed E-state index contributed by atoms with van der Waals surface area (Å²) in [6.45, 7) is 0. The molecule has 3 aliphatic rings. The van der Waals surface area contributed by atoms with Gasteiger partial charge in [-0.3, -0.25) is 14.4 Å². The highest BCUT2D eigenvalue weighted by Crippen LogP contribution is 2.49. The van der Waals surface area contributed by atoms with Crippen LogP contribution in [-0.4, -0.2) is 51.9 Å². The Bertz CT molecular complexity index is 1630. The molecule has 7 rings (SSSR count). The van der Waals surface area contributed by atoms with E-state index in [0.717, 1.165) is 11.3 Å². The second-order valence-electron chi connectivity index (χ2n) is 9.35. The van der Waals surface area contributed by atoms with Crippen LogP contribution in [0.1, 0.15) is 10.4 Å². The number of amides is 2. The van der Waals surface area contributed by atoms with Gasteiger partial charge in [-0.15, -0.1) is 5.10 Å². The van der Waals surface area contributed by atoms with Gasteiger partial charge in [-0.25, -0.2) is 4.90 Å². The van der Waals surface area contributed by atoms with Crippen molar-refractivity contribution in [3.63, 3.8) is 0 Å². The molecule has 2 amide bonds. The number of fused-ring (bicyclic) bond motifs is 6. The molecule has 0 bridgehead atoms. The predicted octanol–water partition coefficient (Wildman–Crippen LogP) is 3.17. The first-order valence-electron chi connectivity index (χ1n) is 12.0. The molecule has 0 N–H and O–H groups in total. The molecule has 0 spiro atoms. The van der Waals surface area contributed by atoms with Crippen LogP contribution in [0.5, 0.6) is 5.75 Å². The van der Waals surface area contributed by atoms with Crippen LogP contribution in [0.2, 0.25) is 0 Å². The molecule has 3 aromatic carbocycles. The lowest BCUT2D eigenvalue weighted by atomic mass is 9.88. The number of rotatable bonds is 3. The number of nitrogens with zero attached hydrogens (tertiary/aromatic N) is 5. The molecular formula is C28H21N5O4. The summed E-state index contributed by atoms with van der Waals surface area (Å²) < 4.78 is 6.48. The van der Waals surface area contributed by atoms with Crippen LogP contribution in [-0.2, 0) is 9.59 Å². The fourth-order valence-corrected chi connectivity index (χ4v) is 5.94. The third-order valence-corrected chi connectivity index (χ3v) is 7.56. The number of para-hydroxylation sites is 2. The molecule has 2 saturated heterocycles.